The van der Waals surface area contributed by atoms with Gasteiger partial charge in [-0.2, -0.15) is 0 Å². The predicted molar refractivity (Wildman–Crippen MR) is 55.6 cm³/mol. The van der Waals surface area contributed by atoms with Crippen molar-refractivity contribution in [2.45, 2.75) is 6.92 Å². The van der Waals surface area contributed by atoms with E-state index in [0.717, 1.165) is 4.08 Å². The monoisotopic (exact) mass is 434 g/mol. The number of hydrogen-bond donors (Lipinski definition) is 0. The summed E-state index contributed by atoms with van der Waals surface area (Å²) in [6.45, 7) is 24.5. The quantitative estimate of drug-likeness (QED) is 0.372. The van der Waals surface area contributed by atoms with Gasteiger partial charge in [0.1, 0.15) is 0 Å². The molecule has 0 heterocycles. The molecule has 0 aromatic heterocycles. The fraction of sp³-hybridized carbons (Fsp3) is 0.167. The second-order valence-corrected chi connectivity index (χ2v) is 2.85. The first-order chi connectivity index (χ1) is 9.31. The Morgan fingerprint density at radius 2 is 1.16 bits per heavy atom. The van der Waals surface area contributed by atoms with E-state index in [1.807, 2.05) is 31.2 Å². The van der Waals surface area contributed by atoms with Crippen LogP contribution < -0.4 is 0 Å². The Morgan fingerprint density at radius 3 is 1.37 bits per heavy atom. The first-order valence-electron chi connectivity index (χ1n) is 3.70. The van der Waals surface area contributed by atoms with Gasteiger partial charge in [0.15, 0.2) is 0 Å². The zero-order valence-electron chi connectivity index (χ0n) is 10.2. The summed E-state index contributed by atoms with van der Waals surface area (Å²) in [5.74, 6) is 0. The van der Waals surface area contributed by atoms with Crippen LogP contribution in [0, 0.1) is 33.3 Å². The molecule has 0 amide bonds. The van der Waals surface area contributed by atoms with Crippen LogP contribution in [0.4, 0.5) is 0 Å². The van der Waals surface area contributed by atoms with Crippen LogP contribution in [0.15, 0.2) is 24.3 Å². The van der Waals surface area contributed by atoms with Crippen molar-refractivity contribution in [1.82, 2.24) is 0 Å². The number of allylic oxidation sites excluding steroid dienone is 3. The van der Waals surface area contributed by atoms with Gasteiger partial charge in [-0.25, -0.2) is 0 Å². The third-order valence-corrected chi connectivity index (χ3v) is 1.82. The van der Waals surface area contributed by atoms with Gasteiger partial charge in [-0.05, 0) is 0 Å². The molecule has 0 aromatic rings. The van der Waals surface area contributed by atoms with Crippen molar-refractivity contribution >= 4 is 4.08 Å². The van der Waals surface area contributed by atoms with Crippen LogP contribution in [0.1, 0.15) is 6.92 Å². The van der Waals surface area contributed by atoms with Crippen LogP contribution in [0.2, 0.25) is 0 Å². The number of rotatable bonds is 3. The van der Waals surface area contributed by atoms with Crippen molar-refractivity contribution in [2.75, 3.05) is 7.11 Å². The van der Waals surface area contributed by atoms with Crippen molar-refractivity contribution in [3.05, 3.63) is 57.6 Å². The number of ether oxygens (including phenoxy) is 1. The van der Waals surface area contributed by atoms with Gasteiger partial charge in [0.05, 0.1) is 0 Å². The molecule has 6 nitrogen and oxygen atoms in total. The predicted octanol–water partition coefficient (Wildman–Crippen LogP) is 1.25. The van der Waals surface area contributed by atoms with Crippen molar-refractivity contribution in [1.29, 1.82) is 0 Å². The molecule has 0 fully saturated rings. The van der Waals surface area contributed by atoms with Crippen molar-refractivity contribution < 1.29 is 47.4 Å². The molecule has 0 rings (SSSR count). The van der Waals surface area contributed by atoms with Crippen LogP contribution >= 0.6 is 0 Å². The molecule has 0 aliphatic carbocycles. The summed E-state index contributed by atoms with van der Waals surface area (Å²) in [6, 6.07) is 0. The van der Waals surface area contributed by atoms with Gasteiger partial charge in [-0.1, -0.05) is 0 Å². The number of methoxy groups -OCH3 is 1. The van der Waals surface area contributed by atoms with E-state index >= 15 is 0 Å². The van der Waals surface area contributed by atoms with Gasteiger partial charge in [0.25, 0.3) is 0 Å². The first-order valence-corrected chi connectivity index (χ1v) is 5.17. The van der Waals surface area contributed by atoms with E-state index in [1.165, 1.54) is 19.4 Å². The Labute approximate surface area is 123 Å². The summed E-state index contributed by atoms with van der Waals surface area (Å²) in [4.78, 5) is 0. The van der Waals surface area contributed by atoms with Gasteiger partial charge in [0.2, 0.25) is 0 Å². The third kappa shape index (κ3) is 111. The van der Waals surface area contributed by atoms with Gasteiger partial charge in [-0.3, -0.25) is 0 Å². The van der Waals surface area contributed by atoms with Crippen LogP contribution in [-0.4, -0.2) is 11.2 Å². The fourth-order valence-corrected chi connectivity index (χ4v) is 0.596. The summed E-state index contributed by atoms with van der Waals surface area (Å²) in [6.07, 6.45) is 7.87. The standard InChI is InChI=1S/C7H10O.5CO.W/c1-3-4-5-6-7-8-2;5*1-2;/h3-6H,1-2H3;;;;;;/b4-3+,6-5+;;;;;;. The van der Waals surface area contributed by atoms with E-state index < -0.39 is 0 Å². The molecule has 0 spiro atoms. The maximum absolute atomic E-state index is 7.50. The summed E-state index contributed by atoms with van der Waals surface area (Å²) >= 11 is 1.35. The zero-order chi connectivity index (χ0) is 17.1. The SMILES string of the molecule is C/C=C/C=C/[C](=[W])OC.[C-]#[O+].[C-]#[O+].[C-]#[O+].[C-]#[O+].[C-]#[O+]. The van der Waals surface area contributed by atoms with E-state index in [-0.39, 0.29) is 0 Å². The Kier molecular flexibility index (Phi) is 174. The minimum atomic E-state index is 1.01. The van der Waals surface area contributed by atoms with Crippen LogP contribution in [0.3, 0.4) is 0 Å². The summed E-state index contributed by atoms with van der Waals surface area (Å²) in [5, 5.41) is 0. The van der Waals surface area contributed by atoms with Crippen molar-refractivity contribution in [2.24, 2.45) is 0 Å². The molecule has 7 heteroatoms. The van der Waals surface area contributed by atoms with E-state index in [2.05, 4.69) is 33.3 Å². The fourth-order valence-electron chi connectivity index (χ4n) is 0.313. The average molecular weight is 434 g/mol. The molecule has 19 heavy (non-hydrogen) atoms. The molecule has 0 radical (unpaired) electrons. The molecular weight excluding hydrogens is 424 g/mol. The van der Waals surface area contributed by atoms with Crippen molar-refractivity contribution in [3.63, 3.8) is 0 Å². The molecule has 100 valence electrons. The minimum absolute atomic E-state index is 1.01. The summed E-state index contributed by atoms with van der Waals surface area (Å²) in [5.41, 5.74) is 0. The number of hydrogen-bond acceptors (Lipinski definition) is 1. The maximum atomic E-state index is 7.50. The normalized spacial score (nSPS) is 5.89. The molecule has 0 aromatic carbocycles. The van der Waals surface area contributed by atoms with E-state index in [9.17, 15) is 0 Å². The van der Waals surface area contributed by atoms with Gasteiger partial charge in [0, 0.05) is 0 Å². The Morgan fingerprint density at radius 1 is 0.842 bits per heavy atom. The molecule has 0 bridgehead atoms. The van der Waals surface area contributed by atoms with Crippen LogP contribution in [0.5, 0.6) is 0 Å². The summed E-state index contributed by atoms with van der Waals surface area (Å²) < 4.78 is 43.4. The molecule has 0 N–H and O–H groups in total. The van der Waals surface area contributed by atoms with E-state index in [4.69, 9.17) is 28.0 Å². The van der Waals surface area contributed by atoms with Crippen LogP contribution in [-0.2, 0) is 47.4 Å². The first kappa shape index (κ1) is 36.1. The Bertz CT molecular complexity index is 272. The van der Waals surface area contributed by atoms with Gasteiger partial charge in [-0.15, -0.1) is 0 Å². The second-order valence-electron chi connectivity index (χ2n) is 1.41. The molecule has 0 aliphatic rings. The third-order valence-electron chi connectivity index (χ3n) is 0.737. The Hall–Kier alpha value is -1.30. The molecule has 0 saturated heterocycles. The molecule has 0 saturated carbocycles. The second kappa shape index (κ2) is 91.7. The van der Waals surface area contributed by atoms with Gasteiger partial charge >= 0.3 is 123 Å². The van der Waals surface area contributed by atoms with Gasteiger partial charge < -0.3 is 0 Å². The Balaban J connectivity index is -0.0000000356. The molecule has 0 atom stereocenters. The summed E-state index contributed by atoms with van der Waals surface area (Å²) in [7, 11) is 1.68. The van der Waals surface area contributed by atoms with E-state index in [0.29, 0.717) is 0 Å². The topological polar surface area (TPSA) is 109 Å². The van der Waals surface area contributed by atoms with Crippen molar-refractivity contribution in [3.8, 4) is 0 Å². The molecule has 0 aliphatic heterocycles. The molecular formula is C12H10O6W. The van der Waals surface area contributed by atoms with Crippen LogP contribution in [0.25, 0.3) is 0 Å². The van der Waals surface area contributed by atoms with E-state index in [1.54, 1.807) is 7.11 Å². The molecule has 0 unspecified atom stereocenters. The average Bonchev–Trinajstić information content (AvgIpc) is 2.57. The zero-order valence-corrected chi connectivity index (χ0v) is 13.1.